The number of allylic oxidation sites excluding steroid dienone is 1. The van der Waals surface area contributed by atoms with E-state index in [2.05, 4.69) is 6.08 Å². The Hall–Kier alpha value is -0.340. The molecule has 0 radical (unpaired) electrons. The number of hydrogen-bond acceptors (Lipinski definition) is 2. The third-order valence-corrected chi connectivity index (χ3v) is 4.23. The predicted molar refractivity (Wildman–Crippen MR) is 53.8 cm³/mol. The van der Waals surface area contributed by atoms with Crippen LogP contribution >= 0.6 is 0 Å². The van der Waals surface area contributed by atoms with E-state index >= 15 is 0 Å². The first kappa shape index (κ1) is 8.93. The molecule has 2 fully saturated rings. The molecule has 1 N–H and O–H groups in total. The minimum atomic E-state index is -0.178. The van der Waals surface area contributed by atoms with Crippen molar-refractivity contribution in [1.82, 2.24) is 0 Å². The number of aliphatic hydroxyl groups excluding tert-OH is 1. The van der Waals surface area contributed by atoms with Gasteiger partial charge in [-0.05, 0) is 43.4 Å². The van der Waals surface area contributed by atoms with Crippen LogP contribution in [0.4, 0.5) is 0 Å². The van der Waals surface area contributed by atoms with Crippen molar-refractivity contribution in [2.24, 2.45) is 17.8 Å². The van der Waals surface area contributed by atoms with Crippen LogP contribution in [0.3, 0.4) is 0 Å². The van der Waals surface area contributed by atoms with E-state index in [1.54, 1.807) is 0 Å². The smallest absolute Gasteiger partial charge is 0.0754 e. The Bertz CT molecular complexity index is 249. The quantitative estimate of drug-likeness (QED) is 0.595. The maximum Gasteiger partial charge on any atom is 0.0754 e. The summed E-state index contributed by atoms with van der Waals surface area (Å²) >= 11 is 0. The predicted octanol–water partition coefficient (Wildman–Crippen LogP) is 1.74. The first-order chi connectivity index (χ1) is 6.86. The van der Waals surface area contributed by atoms with Crippen molar-refractivity contribution in [3.63, 3.8) is 0 Å². The number of fused-ring (bicyclic) bond motifs is 3. The van der Waals surface area contributed by atoms with Crippen molar-refractivity contribution in [2.45, 2.75) is 37.9 Å². The van der Waals surface area contributed by atoms with E-state index in [0.29, 0.717) is 23.9 Å². The van der Waals surface area contributed by atoms with Crippen LogP contribution in [0.1, 0.15) is 25.7 Å². The van der Waals surface area contributed by atoms with Gasteiger partial charge in [0.15, 0.2) is 0 Å². The van der Waals surface area contributed by atoms with Gasteiger partial charge in [-0.1, -0.05) is 12.2 Å². The van der Waals surface area contributed by atoms with E-state index in [9.17, 15) is 5.11 Å². The highest BCUT2D eigenvalue weighted by Crippen LogP contribution is 2.46. The summed E-state index contributed by atoms with van der Waals surface area (Å²) in [5, 5.41) is 9.79. The molecule has 1 saturated carbocycles. The standard InChI is InChI=1S/C12H18O2/c13-11-5-3-8-9(11)4-6-12-10(8)2-1-7-14-12/h3,5,8-13H,1-2,4,6-7H2. The maximum absolute atomic E-state index is 9.79. The average molecular weight is 194 g/mol. The lowest BCUT2D eigenvalue weighted by atomic mass is 9.69. The van der Waals surface area contributed by atoms with Gasteiger partial charge in [-0.25, -0.2) is 0 Å². The summed E-state index contributed by atoms with van der Waals surface area (Å²) in [4.78, 5) is 0. The van der Waals surface area contributed by atoms with Crippen LogP contribution in [-0.2, 0) is 4.74 Å². The van der Waals surface area contributed by atoms with E-state index in [-0.39, 0.29) is 6.10 Å². The molecule has 78 valence electrons. The molecule has 5 atom stereocenters. The summed E-state index contributed by atoms with van der Waals surface area (Å²) in [5.41, 5.74) is 0. The Morgan fingerprint density at radius 1 is 1.07 bits per heavy atom. The van der Waals surface area contributed by atoms with Crippen LogP contribution in [-0.4, -0.2) is 23.9 Å². The first-order valence-electron chi connectivity index (χ1n) is 5.84. The molecule has 1 saturated heterocycles. The SMILES string of the molecule is OC1C=CC2C1CCC1OCCCC12. The molecule has 5 unspecified atom stereocenters. The van der Waals surface area contributed by atoms with Crippen molar-refractivity contribution in [3.8, 4) is 0 Å². The first-order valence-corrected chi connectivity index (χ1v) is 5.84. The molecule has 0 amide bonds. The van der Waals surface area contributed by atoms with Crippen molar-refractivity contribution >= 4 is 0 Å². The van der Waals surface area contributed by atoms with Crippen molar-refractivity contribution in [3.05, 3.63) is 12.2 Å². The Kier molecular flexibility index (Phi) is 2.14. The molecule has 1 heterocycles. The maximum atomic E-state index is 9.79. The van der Waals surface area contributed by atoms with Gasteiger partial charge in [0, 0.05) is 6.61 Å². The second kappa shape index (κ2) is 3.35. The summed E-state index contributed by atoms with van der Waals surface area (Å²) in [6.45, 7) is 0.949. The molecule has 2 nitrogen and oxygen atoms in total. The van der Waals surface area contributed by atoms with Crippen molar-refractivity contribution < 1.29 is 9.84 Å². The lowest BCUT2D eigenvalue weighted by Gasteiger charge is -2.43. The van der Waals surface area contributed by atoms with Gasteiger partial charge in [-0.15, -0.1) is 0 Å². The highest BCUT2D eigenvalue weighted by molar-refractivity contribution is 5.12. The number of rotatable bonds is 0. The lowest BCUT2D eigenvalue weighted by Crippen LogP contribution is -2.42. The third kappa shape index (κ3) is 1.24. The molecular formula is C12H18O2. The number of ether oxygens (including phenoxy) is 1. The van der Waals surface area contributed by atoms with Crippen LogP contribution in [0.2, 0.25) is 0 Å². The molecule has 2 aliphatic carbocycles. The van der Waals surface area contributed by atoms with E-state index in [1.807, 2.05) is 6.08 Å². The second-order valence-corrected chi connectivity index (χ2v) is 4.91. The number of hydrogen-bond donors (Lipinski definition) is 1. The van der Waals surface area contributed by atoms with Crippen LogP contribution < -0.4 is 0 Å². The molecule has 0 aromatic carbocycles. The zero-order valence-electron chi connectivity index (χ0n) is 8.43. The molecule has 1 aliphatic heterocycles. The molecule has 0 aromatic rings. The van der Waals surface area contributed by atoms with Crippen molar-refractivity contribution in [1.29, 1.82) is 0 Å². The van der Waals surface area contributed by atoms with Gasteiger partial charge in [0.2, 0.25) is 0 Å². The molecule has 0 spiro atoms. The Balaban J connectivity index is 1.80. The van der Waals surface area contributed by atoms with E-state index in [1.165, 1.54) is 12.8 Å². The lowest BCUT2D eigenvalue weighted by molar-refractivity contribution is -0.0830. The highest BCUT2D eigenvalue weighted by Gasteiger charge is 2.44. The summed E-state index contributed by atoms with van der Waals surface area (Å²) < 4.78 is 5.81. The van der Waals surface area contributed by atoms with Crippen LogP contribution in [0.25, 0.3) is 0 Å². The number of aliphatic hydroxyl groups is 1. The third-order valence-electron chi connectivity index (χ3n) is 4.23. The van der Waals surface area contributed by atoms with Crippen molar-refractivity contribution in [2.75, 3.05) is 6.61 Å². The topological polar surface area (TPSA) is 29.5 Å². The highest BCUT2D eigenvalue weighted by atomic mass is 16.5. The summed E-state index contributed by atoms with van der Waals surface area (Å²) in [5.74, 6) is 1.79. The van der Waals surface area contributed by atoms with E-state index in [4.69, 9.17) is 4.74 Å². The van der Waals surface area contributed by atoms with Gasteiger partial charge in [0.25, 0.3) is 0 Å². The Labute approximate surface area is 85.0 Å². The fraction of sp³-hybridized carbons (Fsp3) is 0.833. The molecule has 0 aromatic heterocycles. The van der Waals surface area contributed by atoms with E-state index < -0.39 is 0 Å². The molecular weight excluding hydrogens is 176 g/mol. The Morgan fingerprint density at radius 3 is 2.93 bits per heavy atom. The summed E-state index contributed by atoms with van der Waals surface area (Å²) in [7, 11) is 0. The van der Waals surface area contributed by atoms with Crippen LogP contribution in [0.15, 0.2) is 12.2 Å². The second-order valence-electron chi connectivity index (χ2n) is 4.91. The van der Waals surface area contributed by atoms with Gasteiger partial charge in [0.05, 0.1) is 12.2 Å². The van der Waals surface area contributed by atoms with Gasteiger partial charge in [-0.2, -0.15) is 0 Å². The Morgan fingerprint density at radius 2 is 2.00 bits per heavy atom. The molecule has 2 heteroatoms. The minimum absolute atomic E-state index is 0.178. The zero-order chi connectivity index (χ0) is 9.54. The van der Waals surface area contributed by atoms with Gasteiger partial charge < -0.3 is 9.84 Å². The fourth-order valence-corrected chi connectivity index (χ4v) is 3.54. The minimum Gasteiger partial charge on any atom is -0.389 e. The van der Waals surface area contributed by atoms with E-state index in [0.717, 1.165) is 19.4 Å². The summed E-state index contributed by atoms with van der Waals surface area (Å²) in [6, 6.07) is 0. The van der Waals surface area contributed by atoms with Gasteiger partial charge in [-0.3, -0.25) is 0 Å². The fourth-order valence-electron chi connectivity index (χ4n) is 3.54. The van der Waals surface area contributed by atoms with Crippen LogP contribution in [0, 0.1) is 17.8 Å². The largest absolute Gasteiger partial charge is 0.389 e. The van der Waals surface area contributed by atoms with Gasteiger partial charge in [0.1, 0.15) is 0 Å². The monoisotopic (exact) mass is 194 g/mol. The molecule has 3 rings (SSSR count). The van der Waals surface area contributed by atoms with Gasteiger partial charge >= 0.3 is 0 Å². The summed E-state index contributed by atoms with van der Waals surface area (Å²) in [6.07, 6.45) is 9.33. The normalized spacial score (nSPS) is 51.4. The zero-order valence-corrected chi connectivity index (χ0v) is 8.43. The molecule has 14 heavy (non-hydrogen) atoms. The van der Waals surface area contributed by atoms with Crippen LogP contribution in [0.5, 0.6) is 0 Å². The molecule has 3 aliphatic rings. The molecule has 0 bridgehead atoms. The average Bonchev–Trinajstić information content (AvgIpc) is 2.61.